The van der Waals surface area contributed by atoms with Crippen LogP contribution in [0.4, 0.5) is 40.0 Å². The first kappa shape index (κ1) is 69.4. The van der Waals surface area contributed by atoms with E-state index in [0.29, 0.717) is 137 Å². The Labute approximate surface area is 570 Å². The first-order valence-electron chi connectivity index (χ1n) is 35.2. The number of likely N-dealkylation sites (tertiary alicyclic amines) is 3. The summed E-state index contributed by atoms with van der Waals surface area (Å²) in [6.07, 6.45) is 16.3. The Bertz CT molecular complexity index is 3570. The zero-order chi connectivity index (χ0) is 67.5. The number of anilines is 6. The van der Waals surface area contributed by atoms with Gasteiger partial charge in [-0.1, -0.05) is 75.6 Å². The minimum absolute atomic E-state index is 0.0260. The molecule has 3 amide bonds. The van der Waals surface area contributed by atoms with Crippen molar-refractivity contribution >= 4 is 53.1 Å². The molecule has 12 bridgehead atoms. The fourth-order valence-corrected chi connectivity index (χ4v) is 13.2. The lowest BCUT2D eigenvalue weighted by Gasteiger charge is -2.27. The molecule has 2 atom stereocenters. The molecule has 4 saturated heterocycles. The van der Waals surface area contributed by atoms with E-state index in [1.807, 2.05) is 129 Å². The van der Waals surface area contributed by atoms with Gasteiger partial charge in [0.2, 0.25) is 23.8 Å². The molecule has 24 heteroatoms. The molecule has 0 aliphatic carbocycles. The van der Waals surface area contributed by atoms with Crippen molar-refractivity contribution < 1.29 is 47.5 Å². The minimum Gasteiger partial charge on any atom is -0.494 e. The molecule has 5 N–H and O–H groups in total. The Balaban J connectivity index is 0.000000199. The van der Waals surface area contributed by atoms with Gasteiger partial charge in [-0.3, -0.25) is 9.59 Å². The number of rotatable bonds is 6. The van der Waals surface area contributed by atoms with Crippen LogP contribution in [0.15, 0.2) is 84.9 Å². The lowest BCUT2D eigenvalue weighted by molar-refractivity contribution is 0.0274. The summed E-state index contributed by atoms with van der Waals surface area (Å²) in [5, 5.41) is 16.6. The Morgan fingerprint density at radius 2 is 0.897 bits per heavy atom. The van der Waals surface area contributed by atoms with Crippen molar-refractivity contribution in [1.29, 1.82) is 0 Å². The summed E-state index contributed by atoms with van der Waals surface area (Å²) in [7, 11) is 0. The summed E-state index contributed by atoms with van der Waals surface area (Å²) >= 11 is 0. The number of benzene rings is 4. The molecule has 2 aromatic heterocycles. The summed E-state index contributed by atoms with van der Waals surface area (Å²) in [4.78, 5) is 73.4. The average Bonchev–Trinajstić information content (AvgIpc) is 1.68. The maximum atomic E-state index is 14.1. The van der Waals surface area contributed by atoms with Crippen molar-refractivity contribution in [2.24, 2.45) is 10.8 Å². The second kappa shape index (κ2) is 33.4. The Morgan fingerprint density at radius 3 is 1.34 bits per heavy atom. The molecule has 6 aromatic rings. The number of hydrogen-bond acceptors (Lipinski definition) is 21. The van der Waals surface area contributed by atoms with Crippen LogP contribution in [0.3, 0.4) is 0 Å². The number of carbonyl (C=O) groups is 3. The number of hydrogen-bond donors (Lipinski definition) is 5. The van der Waals surface area contributed by atoms with Crippen molar-refractivity contribution in [3.63, 3.8) is 0 Å². The summed E-state index contributed by atoms with van der Waals surface area (Å²) < 4.78 is 41.5. The van der Waals surface area contributed by atoms with Gasteiger partial charge in [0.1, 0.15) is 28.6 Å². The number of fused-ring (bicyclic) bond motifs is 24. The van der Waals surface area contributed by atoms with E-state index in [0.717, 1.165) is 145 Å². The van der Waals surface area contributed by atoms with E-state index in [1.54, 1.807) is 4.90 Å². The predicted octanol–water partition coefficient (Wildman–Crippen LogP) is 12.8. The molecule has 4 fully saturated rings. The summed E-state index contributed by atoms with van der Waals surface area (Å²) in [5.41, 5.74) is 4.13. The third kappa shape index (κ3) is 19.9. The van der Waals surface area contributed by atoms with Gasteiger partial charge in [0, 0.05) is 93.2 Å². The lowest BCUT2D eigenvalue weighted by atomic mass is 9.86. The van der Waals surface area contributed by atoms with E-state index in [-0.39, 0.29) is 40.8 Å². The van der Waals surface area contributed by atoms with Gasteiger partial charge in [-0.15, -0.1) is 0 Å². The van der Waals surface area contributed by atoms with Crippen LogP contribution in [-0.2, 0) is 17.8 Å². The maximum absolute atomic E-state index is 14.1. The van der Waals surface area contributed by atoms with Gasteiger partial charge in [0.05, 0.1) is 50.8 Å². The third-order valence-corrected chi connectivity index (χ3v) is 18.5. The zero-order valence-corrected chi connectivity index (χ0v) is 57.3. The van der Waals surface area contributed by atoms with E-state index < -0.39 is 5.60 Å². The van der Waals surface area contributed by atoms with Crippen molar-refractivity contribution in [3.8, 4) is 35.0 Å². The summed E-state index contributed by atoms with van der Waals surface area (Å²) in [6, 6.07) is 27.6. The molecule has 97 heavy (non-hydrogen) atoms. The van der Waals surface area contributed by atoms with E-state index in [1.165, 1.54) is 6.42 Å². The molecule has 0 saturated carbocycles. The second-order valence-electron chi connectivity index (χ2n) is 27.2. The van der Waals surface area contributed by atoms with Crippen molar-refractivity contribution in [2.45, 2.75) is 156 Å². The van der Waals surface area contributed by atoms with Crippen LogP contribution in [0, 0.1) is 10.8 Å². The van der Waals surface area contributed by atoms with Gasteiger partial charge in [0.25, 0.3) is 11.8 Å². The number of aromatic nitrogens is 6. The van der Waals surface area contributed by atoms with Crippen LogP contribution in [-0.4, -0.2) is 160 Å². The van der Waals surface area contributed by atoms with E-state index in [9.17, 15) is 14.4 Å². The Hall–Kier alpha value is -8.93. The van der Waals surface area contributed by atoms with Crippen molar-refractivity contribution in [1.82, 2.24) is 49.9 Å². The highest BCUT2D eigenvalue weighted by atomic mass is 16.6. The topological polar surface area (TPSA) is 263 Å². The average molecular weight is 1330 g/mol. The molecular formula is C73H98N14O10. The molecule has 4 aromatic carbocycles. The monoisotopic (exact) mass is 1330 g/mol. The lowest BCUT2D eigenvalue weighted by Crippen LogP contribution is -2.38. The van der Waals surface area contributed by atoms with Gasteiger partial charge in [0.15, 0.2) is 0 Å². The largest absolute Gasteiger partial charge is 0.494 e. The minimum atomic E-state index is -0.551. The van der Waals surface area contributed by atoms with Crippen LogP contribution >= 0.6 is 0 Å². The Kier molecular flexibility index (Phi) is 23.9. The third-order valence-electron chi connectivity index (χ3n) is 18.5. The number of nitrogens with one attached hydrogen (secondary N) is 5. The van der Waals surface area contributed by atoms with Gasteiger partial charge in [-0.25, -0.2) is 4.79 Å². The van der Waals surface area contributed by atoms with Crippen LogP contribution in [0.1, 0.15) is 169 Å². The van der Waals surface area contributed by atoms with E-state index in [4.69, 9.17) is 33.2 Å². The van der Waals surface area contributed by atoms with Crippen LogP contribution in [0.5, 0.6) is 35.0 Å². The summed E-state index contributed by atoms with van der Waals surface area (Å²) in [6.45, 7) is 19.7. The number of nitrogens with zero attached hydrogens (tertiary/aromatic N) is 9. The number of ether oxygens (including phenoxy) is 7. The molecule has 14 rings (SSSR count). The maximum Gasteiger partial charge on any atom is 0.410 e. The van der Waals surface area contributed by atoms with Gasteiger partial charge >= 0.3 is 18.1 Å². The fraction of sp³-hybridized carbons (Fsp3) is 0.548. The first-order valence-corrected chi connectivity index (χ1v) is 35.2. The molecule has 2 unspecified atom stereocenters. The first-order chi connectivity index (χ1) is 47.2. The summed E-state index contributed by atoms with van der Waals surface area (Å²) in [5.74, 6) is 4.15. The van der Waals surface area contributed by atoms with Gasteiger partial charge < -0.3 is 74.4 Å². The quantitative estimate of drug-likeness (QED) is 0.104. The van der Waals surface area contributed by atoms with Crippen LogP contribution in [0.2, 0.25) is 0 Å². The highest BCUT2D eigenvalue weighted by Crippen LogP contribution is 2.42. The number of carbonyl (C=O) groups excluding carboxylic acids is 3. The molecule has 24 nitrogen and oxygen atoms in total. The van der Waals surface area contributed by atoms with E-state index >= 15 is 0 Å². The molecule has 2 spiro atoms. The normalized spacial score (nSPS) is 20.4. The molecule has 10 heterocycles. The van der Waals surface area contributed by atoms with Gasteiger partial charge in [-0.2, -0.15) is 29.9 Å². The van der Waals surface area contributed by atoms with Crippen molar-refractivity contribution in [2.75, 3.05) is 113 Å². The smallest absolute Gasteiger partial charge is 0.410 e. The SMILES string of the molecule is CCOc1nc2nc(n1)Nc1ccc(C(=O)N3CCC4(CCN(C(=O)OC(C)(C)C)C4)C3)c(c1)OCCCCCCCCOc1ccc(cc1)CN2.CCOc1nc2nc(n1)Nc1ccc(C(=O)N3CCC4(CCNC4)C3)c(c1)OCCCCCCCCOc1ccc(cc1)CN2. The van der Waals surface area contributed by atoms with E-state index in [2.05, 4.69) is 56.5 Å². The molecule has 8 aliphatic heterocycles. The van der Waals surface area contributed by atoms with Crippen LogP contribution in [0.25, 0.3) is 0 Å². The Morgan fingerprint density at radius 1 is 0.485 bits per heavy atom. The van der Waals surface area contributed by atoms with Gasteiger partial charge in [-0.05, 0) is 152 Å². The molecular weight excluding hydrogens is 1230 g/mol. The molecule has 520 valence electrons. The van der Waals surface area contributed by atoms with Crippen molar-refractivity contribution in [3.05, 3.63) is 107 Å². The zero-order valence-electron chi connectivity index (χ0n) is 57.3. The molecule has 8 aliphatic rings. The predicted molar refractivity (Wildman–Crippen MR) is 372 cm³/mol. The fourth-order valence-electron chi connectivity index (χ4n) is 13.2. The van der Waals surface area contributed by atoms with Crippen LogP contribution < -0.4 is 55.0 Å². The molecule has 0 radical (unpaired) electrons. The highest BCUT2D eigenvalue weighted by molar-refractivity contribution is 5.98. The highest BCUT2D eigenvalue weighted by Gasteiger charge is 2.47. The number of amides is 3. The second-order valence-corrected chi connectivity index (χ2v) is 27.2. The standard InChI is InChI=1S/C39H53N7O6.C34H45N7O4/c1-5-49-36-43-34-40-25-28-12-15-30(16-13-28)50-22-10-8-6-7-9-11-23-51-32-24-29(41-35(42-34)44-36)14-17-31(32)33(47)45-20-18-39(26-45)19-21-46(27-39)37(48)52-38(2,3)4;1-2-43-33-39-31-36-22-25-9-12-27(13-10-25)44-19-7-5-3-4-6-8-20-45-29-21-26(37-32(38-31)40-33)11-14-28(29)30(42)41-18-16-34(24-41)15-17-35-23-34/h12-17,24H,5-11,18-23,25-27H2,1-4H3,(H2,40,41,42,43,44);9-14,21,35H,2-8,15-20,22-24H2,1H3,(H2,36,37,38,39,40).